The molecule has 0 heterocycles. The lowest BCUT2D eigenvalue weighted by Gasteiger charge is -2.20. The maximum absolute atomic E-state index is 11.8. The van der Waals surface area contributed by atoms with E-state index in [0.29, 0.717) is 5.56 Å². The number of sulfonamides is 1. The summed E-state index contributed by atoms with van der Waals surface area (Å²) in [6.07, 6.45) is 0. The monoisotopic (exact) mass is 271 g/mol. The van der Waals surface area contributed by atoms with E-state index in [0.717, 1.165) is 0 Å². The maximum atomic E-state index is 11.8. The average molecular weight is 271 g/mol. The van der Waals surface area contributed by atoms with E-state index in [1.54, 1.807) is 26.8 Å². The van der Waals surface area contributed by atoms with Crippen LogP contribution >= 0.6 is 0 Å². The molecule has 2 N–H and O–H groups in total. The molecule has 0 unspecified atom stereocenters. The smallest absolute Gasteiger partial charge is 0.335 e. The second kappa shape index (κ2) is 5.07. The zero-order valence-corrected chi connectivity index (χ0v) is 11.4. The quantitative estimate of drug-likeness (QED) is 0.871. The van der Waals surface area contributed by atoms with Gasteiger partial charge in [-0.2, -0.15) is 0 Å². The van der Waals surface area contributed by atoms with Gasteiger partial charge in [-0.1, -0.05) is 12.1 Å². The second-order valence-corrected chi connectivity index (χ2v) is 6.84. The molecular weight excluding hydrogens is 254 g/mol. The summed E-state index contributed by atoms with van der Waals surface area (Å²) in [5, 5.41) is 8.83. The third kappa shape index (κ3) is 4.85. The number of carboxylic acids is 1. The van der Waals surface area contributed by atoms with Crippen molar-refractivity contribution in [2.45, 2.75) is 32.1 Å². The second-order valence-electron chi connectivity index (χ2n) is 5.12. The predicted molar refractivity (Wildman–Crippen MR) is 68.9 cm³/mol. The van der Waals surface area contributed by atoms with Crippen molar-refractivity contribution in [3.63, 3.8) is 0 Å². The van der Waals surface area contributed by atoms with Crippen LogP contribution in [0.15, 0.2) is 24.3 Å². The van der Waals surface area contributed by atoms with E-state index in [4.69, 9.17) is 5.11 Å². The van der Waals surface area contributed by atoms with Crippen molar-refractivity contribution in [2.75, 3.05) is 0 Å². The normalized spacial score (nSPS) is 12.4. The highest BCUT2D eigenvalue weighted by atomic mass is 32.2. The molecule has 0 aliphatic heterocycles. The highest BCUT2D eigenvalue weighted by Crippen LogP contribution is 2.11. The number of aromatic carboxylic acids is 1. The van der Waals surface area contributed by atoms with Crippen molar-refractivity contribution >= 4 is 16.0 Å². The van der Waals surface area contributed by atoms with Gasteiger partial charge in [0, 0.05) is 5.54 Å². The largest absolute Gasteiger partial charge is 0.478 e. The lowest BCUT2D eigenvalue weighted by molar-refractivity contribution is 0.0696. The van der Waals surface area contributed by atoms with Crippen molar-refractivity contribution in [2.24, 2.45) is 0 Å². The first kappa shape index (κ1) is 14.7. The fourth-order valence-electron chi connectivity index (χ4n) is 1.52. The topological polar surface area (TPSA) is 83.5 Å². The first-order valence-electron chi connectivity index (χ1n) is 5.43. The average Bonchev–Trinajstić information content (AvgIpc) is 2.12. The van der Waals surface area contributed by atoms with Gasteiger partial charge in [0.15, 0.2) is 0 Å². The van der Waals surface area contributed by atoms with E-state index in [-0.39, 0.29) is 11.3 Å². The van der Waals surface area contributed by atoms with E-state index in [1.165, 1.54) is 18.2 Å². The van der Waals surface area contributed by atoms with Crippen LogP contribution in [0.4, 0.5) is 0 Å². The molecule has 0 saturated carbocycles. The number of rotatable bonds is 4. The van der Waals surface area contributed by atoms with Crippen molar-refractivity contribution in [3.8, 4) is 0 Å². The molecule has 0 aromatic heterocycles. The maximum Gasteiger partial charge on any atom is 0.335 e. The molecule has 0 bridgehead atoms. The summed E-state index contributed by atoms with van der Waals surface area (Å²) in [5.41, 5.74) is -0.0198. The predicted octanol–water partition coefficient (Wildman–Crippen LogP) is 1.60. The van der Waals surface area contributed by atoms with Gasteiger partial charge in [0.05, 0.1) is 11.3 Å². The molecule has 1 aromatic rings. The minimum Gasteiger partial charge on any atom is -0.478 e. The fourth-order valence-corrected chi connectivity index (χ4v) is 3.14. The molecule has 0 aliphatic carbocycles. The number of nitrogens with one attached hydrogen (secondary N) is 1. The molecule has 0 amide bonds. The Hall–Kier alpha value is -1.40. The first-order valence-corrected chi connectivity index (χ1v) is 7.08. The summed E-state index contributed by atoms with van der Waals surface area (Å²) < 4.78 is 26.2. The highest BCUT2D eigenvalue weighted by molar-refractivity contribution is 7.88. The summed E-state index contributed by atoms with van der Waals surface area (Å²) in [7, 11) is -3.48. The van der Waals surface area contributed by atoms with Crippen molar-refractivity contribution < 1.29 is 18.3 Å². The fraction of sp³-hybridized carbons (Fsp3) is 0.417. The molecule has 1 aromatic carbocycles. The van der Waals surface area contributed by atoms with Crippen LogP contribution in [0.2, 0.25) is 0 Å². The minimum atomic E-state index is -3.48. The third-order valence-corrected chi connectivity index (χ3v) is 3.63. The van der Waals surface area contributed by atoms with Gasteiger partial charge in [-0.05, 0) is 38.5 Å². The van der Waals surface area contributed by atoms with E-state index < -0.39 is 21.5 Å². The molecule has 1 rings (SSSR count). The van der Waals surface area contributed by atoms with Gasteiger partial charge < -0.3 is 5.11 Å². The van der Waals surface area contributed by atoms with Gasteiger partial charge in [-0.3, -0.25) is 0 Å². The van der Waals surface area contributed by atoms with Crippen LogP contribution < -0.4 is 4.72 Å². The Bertz CT molecular complexity index is 543. The Morgan fingerprint density at radius 3 is 2.44 bits per heavy atom. The summed E-state index contributed by atoms with van der Waals surface area (Å²) in [5.74, 6) is -1.30. The Labute approximate surface area is 107 Å². The van der Waals surface area contributed by atoms with Crippen LogP contribution in [-0.4, -0.2) is 25.0 Å². The molecule has 0 spiro atoms. The Kier molecular flexibility index (Phi) is 4.13. The summed E-state index contributed by atoms with van der Waals surface area (Å²) in [6, 6.07) is 5.92. The van der Waals surface area contributed by atoms with Crippen molar-refractivity contribution in [3.05, 3.63) is 35.4 Å². The lowest BCUT2D eigenvalue weighted by atomic mass is 10.1. The van der Waals surface area contributed by atoms with Gasteiger partial charge in [0.2, 0.25) is 10.0 Å². The zero-order valence-electron chi connectivity index (χ0n) is 10.6. The molecule has 6 heteroatoms. The molecular formula is C12H17NO4S. The van der Waals surface area contributed by atoms with Gasteiger partial charge in [0.1, 0.15) is 0 Å². The van der Waals surface area contributed by atoms with Crippen LogP contribution in [-0.2, 0) is 15.8 Å². The third-order valence-electron chi connectivity index (χ3n) is 1.99. The lowest BCUT2D eigenvalue weighted by Crippen LogP contribution is -2.41. The van der Waals surface area contributed by atoms with Gasteiger partial charge in [-0.15, -0.1) is 0 Å². The summed E-state index contributed by atoms with van der Waals surface area (Å²) in [6.45, 7) is 5.24. The summed E-state index contributed by atoms with van der Waals surface area (Å²) in [4.78, 5) is 10.8. The van der Waals surface area contributed by atoms with E-state index >= 15 is 0 Å². The Morgan fingerprint density at radius 2 is 1.94 bits per heavy atom. The van der Waals surface area contributed by atoms with Crippen molar-refractivity contribution in [1.82, 2.24) is 4.72 Å². The Balaban J connectivity index is 2.91. The molecule has 0 aliphatic rings. The zero-order chi connectivity index (χ0) is 14.0. The van der Waals surface area contributed by atoms with E-state index in [1.807, 2.05) is 0 Å². The molecule has 0 fully saturated rings. The molecule has 0 radical (unpaired) electrons. The number of benzene rings is 1. The number of hydrogen-bond acceptors (Lipinski definition) is 3. The van der Waals surface area contributed by atoms with Crippen LogP contribution in [0.1, 0.15) is 36.7 Å². The number of carboxylic acid groups (broad SMARTS) is 1. The molecule has 0 saturated heterocycles. The standard InChI is InChI=1S/C12H17NO4S/c1-12(2,3)13-18(16,17)8-9-5-4-6-10(7-9)11(14)15/h4-7,13H,8H2,1-3H3,(H,14,15). The SMILES string of the molecule is CC(C)(C)NS(=O)(=O)Cc1cccc(C(=O)O)c1. The van der Waals surface area contributed by atoms with Gasteiger partial charge in [0.25, 0.3) is 0 Å². The number of carbonyl (C=O) groups is 1. The van der Waals surface area contributed by atoms with Crippen LogP contribution in [0.5, 0.6) is 0 Å². The van der Waals surface area contributed by atoms with Crippen molar-refractivity contribution in [1.29, 1.82) is 0 Å². The number of hydrogen-bond donors (Lipinski definition) is 2. The summed E-state index contributed by atoms with van der Waals surface area (Å²) >= 11 is 0. The van der Waals surface area contributed by atoms with Crippen LogP contribution in [0.3, 0.4) is 0 Å². The Morgan fingerprint density at radius 1 is 1.33 bits per heavy atom. The molecule has 100 valence electrons. The molecule has 5 nitrogen and oxygen atoms in total. The van der Waals surface area contributed by atoms with E-state index in [9.17, 15) is 13.2 Å². The van der Waals surface area contributed by atoms with Gasteiger partial charge in [-0.25, -0.2) is 17.9 Å². The molecule has 0 atom stereocenters. The molecule has 18 heavy (non-hydrogen) atoms. The minimum absolute atomic E-state index is 0.0819. The van der Waals surface area contributed by atoms with Crippen LogP contribution in [0.25, 0.3) is 0 Å². The first-order chi connectivity index (χ1) is 8.09. The highest BCUT2D eigenvalue weighted by Gasteiger charge is 2.20. The van der Waals surface area contributed by atoms with E-state index in [2.05, 4.69) is 4.72 Å². The van der Waals surface area contributed by atoms with Gasteiger partial charge >= 0.3 is 5.97 Å². The van der Waals surface area contributed by atoms with Crippen LogP contribution in [0, 0.1) is 0 Å².